The molecule has 0 aliphatic heterocycles. The van der Waals surface area contributed by atoms with Crippen LogP contribution in [0.2, 0.25) is 0 Å². The molecule has 0 amide bonds. The quantitative estimate of drug-likeness (QED) is 0.843. The lowest BCUT2D eigenvalue weighted by atomic mass is 10.0. The van der Waals surface area contributed by atoms with Gasteiger partial charge in [-0.1, -0.05) is 18.2 Å². The fourth-order valence-corrected chi connectivity index (χ4v) is 1.58. The van der Waals surface area contributed by atoms with Crippen LogP contribution in [0.4, 0.5) is 0 Å². The van der Waals surface area contributed by atoms with Crippen molar-refractivity contribution < 1.29 is 15.0 Å². The molecule has 0 radical (unpaired) electrons. The second kappa shape index (κ2) is 4.76. The Labute approximate surface area is 98.2 Å². The van der Waals surface area contributed by atoms with E-state index in [1.165, 1.54) is 12.3 Å². The van der Waals surface area contributed by atoms with Crippen LogP contribution in [-0.4, -0.2) is 21.2 Å². The number of aromatic nitrogens is 1. The number of hydrogen-bond acceptors (Lipinski definition) is 3. The summed E-state index contributed by atoms with van der Waals surface area (Å²) in [7, 11) is 0. The number of aliphatic hydroxyl groups is 1. The average molecular weight is 229 g/mol. The maximum Gasteiger partial charge on any atom is 0.354 e. The van der Waals surface area contributed by atoms with Gasteiger partial charge in [0.25, 0.3) is 0 Å². The monoisotopic (exact) mass is 229 g/mol. The van der Waals surface area contributed by atoms with Gasteiger partial charge in [0.05, 0.1) is 6.61 Å². The molecule has 2 rings (SSSR count). The zero-order valence-electron chi connectivity index (χ0n) is 9.00. The maximum absolute atomic E-state index is 10.8. The highest BCUT2D eigenvalue weighted by Crippen LogP contribution is 2.20. The van der Waals surface area contributed by atoms with Gasteiger partial charge < -0.3 is 10.2 Å². The third-order valence-electron chi connectivity index (χ3n) is 2.42. The van der Waals surface area contributed by atoms with Crippen LogP contribution in [0.25, 0.3) is 11.1 Å². The van der Waals surface area contributed by atoms with Crippen molar-refractivity contribution in [2.45, 2.75) is 6.61 Å². The van der Waals surface area contributed by atoms with Crippen molar-refractivity contribution in [1.82, 2.24) is 4.98 Å². The van der Waals surface area contributed by atoms with Crippen molar-refractivity contribution in [3.8, 4) is 11.1 Å². The number of nitrogens with zero attached hydrogens (tertiary/aromatic N) is 1. The van der Waals surface area contributed by atoms with Crippen LogP contribution in [0.5, 0.6) is 0 Å². The molecule has 0 fully saturated rings. The van der Waals surface area contributed by atoms with E-state index in [0.29, 0.717) is 0 Å². The summed E-state index contributed by atoms with van der Waals surface area (Å²) >= 11 is 0. The molecule has 0 saturated heterocycles. The van der Waals surface area contributed by atoms with E-state index in [1.807, 2.05) is 24.3 Å². The number of hydrogen-bond donors (Lipinski definition) is 2. The van der Waals surface area contributed by atoms with Gasteiger partial charge in [-0.25, -0.2) is 9.78 Å². The summed E-state index contributed by atoms with van der Waals surface area (Å²) in [5.41, 5.74) is 2.43. The molecular weight excluding hydrogens is 218 g/mol. The average Bonchev–Trinajstić information content (AvgIpc) is 2.39. The highest BCUT2D eigenvalue weighted by Gasteiger charge is 2.06. The molecule has 0 atom stereocenters. The highest BCUT2D eigenvalue weighted by atomic mass is 16.4. The van der Waals surface area contributed by atoms with Crippen molar-refractivity contribution in [3.05, 3.63) is 53.9 Å². The summed E-state index contributed by atoms with van der Waals surface area (Å²) in [4.78, 5) is 14.6. The summed E-state index contributed by atoms with van der Waals surface area (Å²) in [6, 6.07) is 10.6. The first-order valence-electron chi connectivity index (χ1n) is 5.10. The fourth-order valence-electron chi connectivity index (χ4n) is 1.58. The van der Waals surface area contributed by atoms with Gasteiger partial charge in [-0.2, -0.15) is 0 Å². The van der Waals surface area contributed by atoms with Crippen LogP contribution in [-0.2, 0) is 6.61 Å². The largest absolute Gasteiger partial charge is 0.477 e. The summed E-state index contributed by atoms with van der Waals surface area (Å²) < 4.78 is 0. The first-order valence-corrected chi connectivity index (χ1v) is 5.10. The van der Waals surface area contributed by atoms with Crippen LogP contribution < -0.4 is 0 Å². The van der Waals surface area contributed by atoms with Crippen LogP contribution in [0.15, 0.2) is 42.6 Å². The lowest BCUT2D eigenvalue weighted by Gasteiger charge is -2.04. The number of carbonyl (C=O) groups is 1. The smallest absolute Gasteiger partial charge is 0.354 e. The second-order valence-electron chi connectivity index (χ2n) is 3.59. The number of pyridine rings is 1. The number of aromatic carboxylic acids is 1. The van der Waals surface area contributed by atoms with Crippen molar-refractivity contribution >= 4 is 5.97 Å². The highest BCUT2D eigenvalue weighted by molar-refractivity contribution is 5.87. The SMILES string of the molecule is O=C(O)c1cc(-c2cccc(CO)c2)ccn1. The topological polar surface area (TPSA) is 70.4 Å². The van der Waals surface area contributed by atoms with Gasteiger partial charge in [0.2, 0.25) is 0 Å². The molecule has 2 aromatic rings. The Morgan fingerprint density at radius 1 is 1.18 bits per heavy atom. The number of benzene rings is 1. The van der Waals surface area contributed by atoms with Crippen LogP contribution in [0, 0.1) is 0 Å². The zero-order chi connectivity index (χ0) is 12.3. The number of rotatable bonds is 3. The fraction of sp³-hybridized carbons (Fsp3) is 0.0769. The van der Waals surface area contributed by atoms with E-state index in [9.17, 15) is 4.79 Å². The molecule has 1 aromatic heterocycles. The molecule has 0 bridgehead atoms. The van der Waals surface area contributed by atoms with E-state index in [0.717, 1.165) is 16.7 Å². The minimum Gasteiger partial charge on any atom is -0.477 e. The summed E-state index contributed by atoms with van der Waals surface area (Å²) in [6.45, 7) is -0.0370. The molecule has 0 spiro atoms. The molecule has 1 heterocycles. The Balaban J connectivity index is 2.45. The number of aliphatic hydroxyl groups excluding tert-OH is 1. The van der Waals surface area contributed by atoms with Gasteiger partial charge in [-0.15, -0.1) is 0 Å². The molecule has 0 unspecified atom stereocenters. The Kier molecular flexibility index (Phi) is 3.16. The molecule has 86 valence electrons. The standard InChI is InChI=1S/C13H11NO3/c15-8-9-2-1-3-10(6-9)11-4-5-14-12(7-11)13(16)17/h1-7,15H,8H2,(H,16,17). The lowest BCUT2D eigenvalue weighted by molar-refractivity contribution is 0.0690. The molecule has 4 nitrogen and oxygen atoms in total. The van der Waals surface area contributed by atoms with Crippen molar-refractivity contribution in [2.24, 2.45) is 0 Å². The van der Waals surface area contributed by atoms with Gasteiger partial charge in [0.15, 0.2) is 0 Å². The van der Waals surface area contributed by atoms with Gasteiger partial charge in [-0.05, 0) is 34.9 Å². The minimum atomic E-state index is -1.05. The van der Waals surface area contributed by atoms with Crippen LogP contribution in [0.1, 0.15) is 16.1 Å². The van der Waals surface area contributed by atoms with E-state index in [2.05, 4.69) is 4.98 Å². The van der Waals surface area contributed by atoms with E-state index in [1.54, 1.807) is 6.07 Å². The Hall–Kier alpha value is -2.20. The molecule has 1 aromatic carbocycles. The molecule has 4 heteroatoms. The van der Waals surface area contributed by atoms with Gasteiger partial charge in [0, 0.05) is 6.20 Å². The zero-order valence-corrected chi connectivity index (χ0v) is 9.00. The molecule has 0 aliphatic carbocycles. The molecule has 0 aliphatic rings. The summed E-state index contributed by atoms with van der Waals surface area (Å²) in [5.74, 6) is -1.05. The van der Waals surface area contributed by atoms with Crippen molar-refractivity contribution in [3.63, 3.8) is 0 Å². The van der Waals surface area contributed by atoms with Crippen LogP contribution >= 0.6 is 0 Å². The normalized spacial score (nSPS) is 10.2. The maximum atomic E-state index is 10.8. The number of carboxylic acids is 1. The molecule has 0 saturated carbocycles. The first kappa shape index (κ1) is 11.3. The minimum absolute atomic E-state index is 0.0110. The van der Waals surface area contributed by atoms with E-state index >= 15 is 0 Å². The Morgan fingerprint density at radius 2 is 1.94 bits per heavy atom. The third-order valence-corrected chi connectivity index (χ3v) is 2.42. The lowest BCUT2D eigenvalue weighted by Crippen LogP contribution is -1.99. The Bertz CT molecular complexity index is 552. The van der Waals surface area contributed by atoms with Gasteiger partial charge >= 0.3 is 5.97 Å². The summed E-state index contributed by atoms with van der Waals surface area (Å²) in [6.07, 6.45) is 1.46. The predicted molar refractivity (Wildman–Crippen MR) is 62.6 cm³/mol. The predicted octanol–water partition coefficient (Wildman–Crippen LogP) is 1.94. The van der Waals surface area contributed by atoms with E-state index in [-0.39, 0.29) is 12.3 Å². The van der Waals surface area contributed by atoms with E-state index in [4.69, 9.17) is 10.2 Å². The van der Waals surface area contributed by atoms with Gasteiger partial charge in [-0.3, -0.25) is 0 Å². The third kappa shape index (κ3) is 2.49. The van der Waals surface area contributed by atoms with Crippen molar-refractivity contribution in [1.29, 1.82) is 0 Å². The Morgan fingerprint density at radius 3 is 2.65 bits per heavy atom. The summed E-state index contributed by atoms with van der Waals surface area (Å²) in [5, 5.41) is 17.9. The molecule has 2 N–H and O–H groups in total. The van der Waals surface area contributed by atoms with Crippen molar-refractivity contribution in [2.75, 3.05) is 0 Å². The first-order chi connectivity index (χ1) is 8.20. The van der Waals surface area contributed by atoms with E-state index < -0.39 is 5.97 Å². The van der Waals surface area contributed by atoms with Gasteiger partial charge in [0.1, 0.15) is 5.69 Å². The molecular formula is C13H11NO3. The second-order valence-corrected chi connectivity index (χ2v) is 3.59. The van der Waals surface area contributed by atoms with Crippen LogP contribution in [0.3, 0.4) is 0 Å². The number of carboxylic acid groups (broad SMARTS) is 1. The molecule has 17 heavy (non-hydrogen) atoms.